The Bertz CT molecular complexity index is 309. The molecule has 0 aromatic carbocycles. The first-order chi connectivity index (χ1) is 7.09. The predicted molar refractivity (Wildman–Crippen MR) is 58.6 cm³/mol. The number of hydrogen-bond donors (Lipinski definition) is 1. The Labute approximate surface area is 91.3 Å². The molecule has 0 spiro atoms. The molecule has 2 fully saturated rings. The van der Waals surface area contributed by atoms with Gasteiger partial charge in [0, 0.05) is 18.7 Å². The second kappa shape index (κ2) is 4.39. The maximum Gasteiger partial charge on any atom is 0.151 e. The van der Waals surface area contributed by atoms with Crippen LogP contribution in [0.1, 0.15) is 26.2 Å². The molecule has 4 nitrogen and oxygen atoms in total. The second-order valence-corrected chi connectivity index (χ2v) is 6.74. The molecule has 1 heterocycles. The summed E-state index contributed by atoms with van der Waals surface area (Å²) in [5.74, 6) is 0.676. The van der Waals surface area contributed by atoms with Crippen LogP contribution in [-0.4, -0.2) is 44.7 Å². The molecule has 0 aromatic rings. The number of hydrogen-bond acceptors (Lipinski definition) is 4. The van der Waals surface area contributed by atoms with Crippen LogP contribution in [0.25, 0.3) is 0 Å². The van der Waals surface area contributed by atoms with E-state index >= 15 is 0 Å². The molecule has 0 amide bonds. The number of ether oxygens (including phenoxy) is 1. The third kappa shape index (κ3) is 2.92. The first kappa shape index (κ1) is 11.4. The van der Waals surface area contributed by atoms with E-state index in [0.717, 1.165) is 25.9 Å². The quantitative estimate of drug-likeness (QED) is 0.760. The maximum absolute atomic E-state index is 11.2. The highest BCUT2D eigenvalue weighted by Crippen LogP contribution is 2.25. The van der Waals surface area contributed by atoms with E-state index in [1.54, 1.807) is 0 Å². The van der Waals surface area contributed by atoms with E-state index in [4.69, 9.17) is 4.74 Å². The summed E-state index contributed by atoms with van der Waals surface area (Å²) in [5, 5.41) is 3.40. The van der Waals surface area contributed by atoms with Gasteiger partial charge in [0.1, 0.15) is 0 Å². The Kier molecular flexibility index (Phi) is 3.33. The third-order valence-electron chi connectivity index (χ3n) is 3.20. The summed E-state index contributed by atoms with van der Waals surface area (Å²) in [6.45, 7) is 2.78. The van der Waals surface area contributed by atoms with Crippen LogP contribution >= 0.6 is 0 Å². The number of nitrogens with one attached hydrogen (secondary N) is 1. The number of sulfone groups is 1. The summed E-state index contributed by atoms with van der Waals surface area (Å²) in [5.41, 5.74) is 0. The zero-order valence-corrected chi connectivity index (χ0v) is 9.92. The van der Waals surface area contributed by atoms with Crippen molar-refractivity contribution in [3.63, 3.8) is 0 Å². The molecule has 1 N–H and O–H groups in total. The molecule has 1 unspecified atom stereocenters. The van der Waals surface area contributed by atoms with Gasteiger partial charge in [-0.2, -0.15) is 0 Å². The molecule has 0 radical (unpaired) electrons. The van der Waals surface area contributed by atoms with Gasteiger partial charge >= 0.3 is 0 Å². The van der Waals surface area contributed by atoms with E-state index in [0.29, 0.717) is 23.7 Å². The van der Waals surface area contributed by atoms with Crippen LogP contribution in [0.5, 0.6) is 0 Å². The lowest BCUT2D eigenvalue weighted by Gasteiger charge is -2.37. The highest BCUT2D eigenvalue weighted by atomic mass is 32.2. The third-order valence-corrected chi connectivity index (χ3v) is 4.97. The minimum atomic E-state index is -2.74. The first-order valence-corrected chi connectivity index (χ1v) is 7.49. The van der Waals surface area contributed by atoms with Gasteiger partial charge in [-0.15, -0.1) is 0 Å². The van der Waals surface area contributed by atoms with Crippen molar-refractivity contribution in [1.29, 1.82) is 0 Å². The van der Waals surface area contributed by atoms with Gasteiger partial charge in [-0.05, 0) is 26.2 Å². The van der Waals surface area contributed by atoms with Crippen molar-refractivity contribution in [2.75, 3.05) is 18.1 Å². The predicted octanol–water partition coefficient (Wildman–Crippen LogP) is 0.331. The zero-order valence-electron chi connectivity index (χ0n) is 9.11. The summed E-state index contributed by atoms with van der Waals surface area (Å²) in [4.78, 5) is 0. The van der Waals surface area contributed by atoms with Crippen LogP contribution in [0.2, 0.25) is 0 Å². The van der Waals surface area contributed by atoms with E-state index in [9.17, 15) is 8.42 Å². The summed E-state index contributed by atoms with van der Waals surface area (Å²) in [7, 11) is -2.74. The highest BCUT2D eigenvalue weighted by Gasteiger charge is 2.34. The average Bonchev–Trinajstić information content (AvgIpc) is 2.42. The van der Waals surface area contributed by atoms with Gasteiger partial charge in [-0.25, -0.2) is 8.42 Å². The van der Waals surface area contributed by atoms with Gasteiger partial charge in [-0.3, -0.25) is 0 Å². The Morgan fingerprint density at radius 2 is 2.07 bits per heavy atom. The molecule has 15 heavy (non-hydrogen) atoms. The van der Waals surface area contributed by atoms with E-state index in [1.807, 2.05) is 6.92 Å². The average molecular weight is 233 g/mol. The van der Waals surface area contributed by atoms with E-state index < -0.39 is 9.84 Å². The van der Waals surface area contributed by atoms with Crippen molar-refractivity contribution in [3.05, 3.63) is 0 Å². The molecule has 1 saturated carbocycles. The lowest BCUT2D eigenvalue weighted by molar-refractivity contribution is -0.0117. The van der Waals surface area contributed by atoms with E-state index in [-0.39, 0.29) is 6.04 Å². The Morgan fingerprint density at radius 3 is 2.60 bits per heavy atom. The number of rotatable bonds is 4. The van der Waals surface area contributed by atoms with Crippen molar-refractivity contribution >= 4 is 9.84 Å². The van der Waals surface area contributed by atoms with E-state index in [1.165, 1.54) is 0 Å². The largest absolute Gasteiger partial charge is 0.378 e. The van der Waals surface area contributed by atoms with E-state index in [2.05, 4.69) is 5.32 Å². The van der Waals surface area contributed by atoms with Gasteiger partial charge in [0.15, 0.2) is 9.84 Å². The SMILES string of the molecule is CCOC1CC(NC2CCS(=O)(=O)C2)C1. The molecule has 1 atom stereocenters. The molecular formula is C10H19NO3S. The van der Waals surface area contributed by atoms with Gasteiger partial charge in [0.05, 0.1) is 17.6 Å². The molecule has 0 bridgehead atoms. The van der Waals surface area contributed by atoms with Crippen LogP contribution in [0.4, 0.5) is 0 Å². The molecule has 2 aliphatic rings. The van der Waals surface area contributed by atoms with Crippen molar-refractivity contribution in [2.24, 2.45) is 0 Å². The standard InChI is InChI=1S/C10H19NO3S/c1-2-14-10-5-9(6-10)11-8-3-4-15(12,13)7-8/h8-11H,2-7H2,1H3. The van der Waals surface area contributed by atoms with Gasteiger partial charge in [0.2, 0.25) is 0 Å². The molecule has 1 aliphatic carbocycles. The van der Waals surface area contributed by atoms with Crippen molar-refractivity contribution < 1.29 is 13.2 Å². The normalized spacial score (nSPS) is 38.9. The summed E-state index contributed by atoms with van der Waals surface area (Å²) in [6.07, 6.45) is 3.23. The molecule has 2 rings (SSSR count). The van der Waals surface area contributed by atoms with Crippen molar-refractivity contribution in [1.82, 2.24) is 5.32 Å². The fraction of sp³-hybridized carbons (Fsp3) is 1.00. The van der Waals surface area contributed by atoms with Crippen LogP contribution in [-0.2, 0) is 14.6 Å². The lowest BCUT2D eigenvalue weighted by Crippen LogP contribution is -2.49. The fourth-order valence-electron chi connectivity index (χ4n) is 2.33. The summed E-state index contributed by atoms with van der Waals surface area (Å²) < 4.78 is 27.9. The second-order valence-electron chi connectivity index (χ2n) is 4.51. The maximum atomic E-state index is 11.2. The summed E-state index contributed by atoms with van der Waals surface area (Å²) >= 11 is 0. The highest BCUT2D eigenvalue weighted by molar-refractivity contribution is 7.91. The molecule has 1 saturated heterocycles. The van der Waals surface area contributed by atoms with Crippen LogP contribution < -0.4 is 5.32 Å². The minimum Gasteiger partial charge on any atom is -0.378 e. The molecule has 5 heteroatoms. The first-order valence-electron chi connectivity index (χ1n) is 5.67. The molecule has 1 aliphatic heterocycles. The minimum absolute atomic E-state index is 0.183. The van der Waals surface area contributed by atoms with Gasteiger partial charge in [-0.1, -0.05) is 0 Å². The molecule has 88 valence electrons. The van der Waals surface area contributed by atoms with Gasteiger partial charge in [0.25, 0.3) is 0 Å². The summed E-state index contributed by atoms with van der Waals surface area (Å²) in [6, 6.07) is 0.655. The van der Waals surface area contributed by atoms with Gasteiger partial charge < -0.3 is 10.1 Å². The zero-order chi connectivity index (χ0) is 10.9. The molecule has 0 aromatic heterocycles. The Morgan fingerprint density at radius 1 is 1.33 bits per heavy atom. The Hall–Kier alpha value is -0.130. The molecular weight excluding hydrogens is 214 g/mol. The van der Waals surface area contributed by atoms with Crippen LogP contribution in [0.15, 0.2) is 0 Å². The van der Waals surface area contributed by atoms with Crippen LogP contribution in [0, 0.1) is 0 Å². The van der Waals surface area contributed by atoms with Crippen LogP contribution in [0.3, 0.4) is 0 Å². The topological polar surface area (TPSA) is 55.4 Å². The Balaban J connectivity index is 1.68. The van der Waals surface area contributed by atoms with Crippen molar-refractivity contribution in [3.8, 4) is 0 Å². The smallest absolute Gasteiger partial charge is 0.151 e. The fourth-order valence-corrected chi connectivity index (χ4v) is 4.02. The van der Waals surface area contributed by atoms with Crippen molar-refractivity contribution in [2.45, 2.75) is 44.4 Å². The monoisotopic (exact) mass is 233 g/mol. The lowest BCUT2D eigenvalue weighted by atomic mass is 9.88.